The maximum Gasteiger partial charge on any atom is 0.229 e. The monoisotopic (exact) mass is 342 g/mol. The Labute approximate surface area is 145 Å². The largest absolute Gasteiger partial charge is 0.495 e. The van der Waals surface area contributed by atoms with E-state index in [4.69, 9.17) is 4.74 Å². The van der Waals surface area contributed by atoms with Crippen LogP contribution in [0.3, 0.4) is 0 Å². The van der Waals surface area contributed by atoms with Gasteiger partial charge in [-0.25, -0.2) is 4.39 Å². The second kappa shape index (κ2) is 6.93. The van der Waals surface area contributed by atoms with Gasteiger partial charge in [0.15, 0.2) is 0 Å². The Balaban J connectivity index is 1.73. The Kier molecular flexibility index (Phi) is 4.70. The molecule has 1 aliphatic heterocycles. The molecule has 2 aromatic rings. The van der Waals surface area contributed by atoms with Gasteiger partial charge in [-0.1, -0.05) is 6.07 Å². The van der Waals surface area contributed by atoms with Crippen LogP contribution in [0, 0.1) is 18.7 Å². The molecular weight excluding hydrogens is 323 g/mol. The third-order valence-electron chi connectivity index (χ3n) is 4.25. The van der Waals surface area contributed by atoms with Crippen LogP contribution in [-0.4, -0.2) is 25.5 Å². The minimum atomic E-state index is -0.470. The molecule has 1 atom stereocenters. The number of carbonyl (C=O) groups is 2. The summed E-state index contributed by atoms with van der Waals surface area (Å²) in [5.41, 5.74) is 2.17. The standard InChI is InChI=1S/C19H19FN2O3/c1-12-3-8-17(25-2)16(9-12)21-19(24)13-10-18(23)22(11-13)15-6-4-14(20)5-7-15/h3-9,13H,10-11H2,1-2H3,(H,21,24)/t13-/m1/s1. The van der Waals surface area contributed by atoms with Gasteiger partial charge < -0.3 is 15.0 Å². The lowest BCUT2D eigenvalue weighted by Crippen LogP contribution is -2.28. The number of nitrogens with zero attached hydrogens (tertiary/aromatic N) is 1. The van der Waals surface area contributed by atoms with Gasteiger partial charge in [0, 0.05) is 18.7 Å². The molecule has 1 heterocycles. The molecule has 25 heavy (non-hydrogen) atoms. The lowest BCUT2D eigenvalue weighted by Gasteiger charge is -2.17. The van der Waals surface area contributed by atoms with E-state index in [0.29, 0.717) is 17.1 Å². The number of carbonyl (C=O) groups excluding carboxylic acids is 2. The van der Waals surface area contributed by atoms with Crippen molar-refractivity contribution in [3.8, 4) is 5.75 Å². The van der Waals surface area contributed by atoms with Crippen molar-refractivity contribution < 1.29 is 18.7 Å². The van der Waals surface area contributed by atoms with E-state index in [0.717, 1.165) is 5.56 Å². The number of rotatable bonds is 4. The van der Waals surface area contributed by atoms with E-state index in [9.17, 15) is 14.0 Å². The van der Waals surface area contributed by atoms with E-state index >= 15 is 0 Å². The quantitative estimate of drug-likeness (QED) is 0.929. The van der Waals surface area contributed by atoms with Gasteiger partial charge >= 0.3 is 0 Å². The molecule has 0 bridgehead atoms. The van der Waals surface area contributed by atoms with Crippen LogP contribution in [0.4, 0.5) is 15.8 Å². The Hall–Kier alpha value is -2.89. The summed E-state index contributed by atoms with van der Waals surface area (Å²) < 4.78 is 18.3. The molecule has 0 unspecified atom stereocenters. The van der Waals surface area contributed by atoms with E-state index < -0.39 is 5.92 Å². The molecule has 1 aliphatic rings. The van der Waals surface area contributed by atoms with Crippen LogP contribution >= 0.6 is 0 Å². The molecule has 1 fully saturated rings. The number of ether oxygens (including phenoxy) is 1. The molecule has 3 rings (SSSR count). The first-order chi connectivity index (χ1) is 12.0. The summed E-state index contributed by atoms with van der Waals surface area (Å²) in [5.74, 6) is -0.650. The van der Waals surface area contributed by atoms with E-state index in [-0.39, 0.29) is 30.6 Å². The Bertz CT molecular complexity index is 805. The first-order valence-corrected chi connectivity index (χ1v) is 7.99. The lowest BCUT2D eigenvalue weighted by atomic mass is 10.1. The number of nitrogens with one attached hydrogen (secondary N) is 1. The Morgan fingerprint density at radius 2 is 1.96 bits per heavy atom. The maximum absolute atomic E-state index is 13.0. The minimum absolute atomic E-state index is 0.122. The molecule has 1 saturated heterocycles. The lowest BCUT2D eigenvalue weighted by molar-refractivity contribution is -0.122. The van der Waals surface area contributed by atoms with Crippen molar-refractivity contribution in [2.75, 3.05) is 23.9 Å². The van der Waals surface area contributed by atoms with Crippen LogP contribution < -0.4 is 15.0 Å². The first kappa shape index (κ1) is 17.0. The fraction of sp³-hybridized carbons (Fsp3) is 0.263. The summed E-state index contributed by atoms with van der Waals surface area (Å²) >= 11 is 0. The summed E-state index contributed by atoms with van der Waals surface area (Å²) in [4.78, 5) is 26.3. The molecule has 0 radical (unpaired) electrons. The molecule has 6 heteroatoms. The van der Waals surface area contributed by atoms with E-state index in [1.165, 1.54) is 36.3 Å². The van der Waals surface area contributed by atoms with Gasteiger partial charge in [-0.05, 0) is 48.9 Å². The molecular formula is C19H19FN2O3. The van der Waals surface area contributed by atoms with Crippen LogP contribution in [0.25, 0.3) is 0 Å². The molecule has 0 aliphatic carbocycles. The van der Waals surface area contributed by atoms with Gasteiger partial charge in [-0.15, -0.1) is 0 Å². The zero-order valence-electron chi connectivity index (χ0n) is 14.1. The summed E-state index contributed by atoms with van der Waals surface area (Å²) in [7, 11) is 1.54. The van der Waals surface area contributed by atoms with E-state index in [2.05, 4.69) is 5.32 Å². The Morgan fingerprint density at radius 3 is 2.64 bits per heavy atom. The third kappa shape index (κ3) is 3.63. The van der Waals surface area contributed by atoms with Gasteiger partial charge in [0.1, 0.15) is 11.6 Å². The van der Waals surface area contributed by atoms with Crippen molar-refractivity contribution in [3.63, 3.8) is 0 Å². The number of hydrogen-bond acceptors (Lipinski definition) is 3. The van der Waals surface area contributed by atoms with Crippen molar-refractivity contribution in [3.05, 3.63) is 53.8 Å². The number of aryl methyl sites for hydroxylation is 1. The summed E-state index contributed by atoms with van der Waals surface area (Å²) in [6.45, 7) is 2.19. The molecule has 130 valence electrons. The van der Waals surface area contributed by atoms with Crippen LogP contribution in [0.15, 0.2) is 42.5 Å². The molecule has 0 spiro atoms. The van der Waals surface area contributed by atoms with Gasteiger partial charge in [0.25, 0.3) is 0 Å². The van der Waals surface area contributed by atoms with E-state index in [1.807, 2.05) is 19.1 Å². The number of benzene rings is 2. The van der Waals surface area contributed by atoms with Gasteiger partial charge in [0.05, 0.1) is 18.7 Å². The predicted octanol–water partition coefficient (Wildman–Crippen LogP) is 3.13. The van der Waals surface area contributed by atoms with Crippen molar-refractivity contribution in [1.82, 2.24) is 0 Å². The van der Waals surface area contributed by atoms with Gasteiger partial charge in [-0.3, -0.25) is 9.59 Å². The second-order valence-electron chi connectivity index (χ2n) is 6.07. The topological polar surface area (TPSA) is 58.6 Å². The number of amides is 2. The number of halogens is 1. The normalized spacial score (nSPS) is 16.8. The highest BCUT2D eigenvalue weighted by Gasteiger charge is 2.35. The highest BCUT2D eigenvalue weighted by Crippen LogP contribution is 2.29. The van der Waals surface area contributed by atoms with Crippen LogP contribution in [0.2, 0.25) is 0 Å². The summed E-state index contributed by atoms with van der Waals surface area (Å²) in [6, 6.07) is 11.2. The van der Waals surface area contributed by atoms with Crippen LogP contribution in [0.5, 0.6) is 5.75 Å². The predicted molar refractivity (Wildman–Crippen MR) is 93.2 cm³/mol. The molecule has 1 N–H and O–H groups in total. The summed E-state index contributed by atoms with van der Waals surface area (Å²) in [6.07, 6.45) is 0.122. The third-order valence-corrected chi connectivity index (χ3v) is 4.25. The minimum Gasteiger partial charge on any atom is -0.495 e. The van der Waals surface area contributed by atoms with Gasteiger partial charge in [-0.2, -0.15) is 0 Å². The zero-order chi connectivity index (χ0) is 18.0. The molecule has 2 aromatic carbocycles. The van der Waals surface area contributed by atoms with E-state index in [1.54, 1.807) is 6.07 Å². The number of anilines is 2. The smallest absolute Gasteiger partial charge is 0.229 e. The average molecular weight is 342 g/mol. The SMILES string of the molecule is COc1ccc(C)cc1NC(=O)[C@@H]1CC(=O)N(c2ccc(F)cc2)C1. The fourth-order valence-electron chi connectivity index (χ4n) is 2.91. The molecule has 0 aromatic heterocycles. The van der Waals surface area contributed by atoms with Crippen molar-refractivity contribution in [2.45, 2.75) is 13.3 Å². The van der Waals surface area contributed by atoms with Gasteiger partial charge in [0.2, 0.25) is 11.8 Å². The van der Waals surface area contributed by atoms with Crippen molar-refractivity contribution in [1.29, 1.82) is 0 Å². The molecule has 0 saturated carbocycles. The van der Waals surface area contributed by atoms with Crippen LogP contribution in [0.1, 0.15) is 12.0 Å². The average Bonchev–Trinajstić information content (AvgIpc) is 2.98. The van der Waals surface area contributed by atoms with Crippen molar-refractivity contribution >= 4 is 23.2 Å². The Morgan fingerprint density at radius 1 is 1.24 bits per heavy atom. The zero-order valence-corrected chi connectivity index (χ0v) is 14.1. The highest BCUT2D eigenvalue weighted by atomic mass is 19.1. The first-order valence-electron chi connectivity index (χ1n) is 7.99. The number of hydrogen-bond donors (Lipinski definition) is 1. The number of methoxy groups -OCH3 is 1. The summed E-state index contributed by atoms with van der Waals surface area (Å²) in [5, 5.41) is 2.84. The second-order valence-corrected chi connectivity index (χ2v) is 6.07. The van der Waals surface area contributed by atoms with Crippen LogP contribution in [-0.2, 0) is 9.59 Å². The molecule has 2 amide bonds. The highest BCUT2D eigenvalue weighted by molar-refractivity contribution is 6.03. The maximum atomic E-state index is 13.0. The fourth-order valence-corrected chi connectivity index (χ4v) is 2.91. The molecule has 5 nitrogen and oxygen atoms in total. The van der Waals surface area contributed by atoms with Crippen molar-refractivity contribution in [2.24, 2.45) is 5.92 Å².